The molecule has 1 aromatic carbocycles. The Kier molecular flexibility index (Phi) is 2.17. The third-order valence-electron chi connectivity index (χ3n) is 2.83. The van der Waals surface area contributed by atoms with E-state index in [1.165, 1.54) is 12.8 Å². The minimum absolute atomic E-state index is 0.642. The summed E-state index contributed by atoms with van der Waals surface area (Å²) in [6.45, 7) is 0. The number of nitrogens with one attached hydrogen (secondary N) is 1. The molecular formula is C13H14N2O. The van der Waals surface area contributed by atoms with Gasteiger partial charge in [0.05, 0.1) is 12.6 Å². The first-order valence-electron chi connectivity index (χ1n) is 5.56. The highest BCUT2D eigenvalue weighted by atomic mass is 16.5. The zero-order valence-corrected chi connectivity index (χ0v) is 9.23. The third-order valence-corrected chi connectivity index (χ3v) is 2.83. The lowest BCUT2D eigenvalue weighted by Crippen LogP contribution is -2.02. The predicted octanol–water partition coefficient (Wildman–Crippen LogP) is 2.82. The number of anilines is 1. The van der Waals surface area contributed by atoms with Crippen LogP contribution in [0.1, 0.15) is 12.8 Å². The van der Waals surface area contributed by atoms with Crippen molar-refractivity contribution in [3.05, 3.63) is 30.3 Å². The number of hydrogen-bond acceptors (Lipinski definition) is 3. The fourth-order valence-corrected chi connectivity index (χ4v) is 1.75. The number of nitrogens with zero attached hydrogens (tertiary/aromatic N) is 1. The summed E-state index contributed by atoms with van der Waals surface area (Å²) < 4.78 is 5.18. The summed E-state index contributed by atoms with van der Waals surface area (Å²) in [5.41, 5.74) is 1.01. The normalized spacial score (nSPS) is 15.1. The molecule has 0 spiro atoms. The summed E-state index contributed by atoms with van der Waals surface area (Å²) in [7, 11) is 1.68. The van der Waals surface area contributed by atoms with Crippen LogP contribution in [0.2, 0.25) is 0 Å². The number of rotatable bonds is 3. The van der Waals surface area contributed by atoms with Gasteiger partial charge in [0, 0.05) is 11.4 Å². The monoisotopic (exact) mass is 214 g/mol. The molecule has 0 radical (unpaired) electrons. The first kappa shape index (κ1) is 9.46. The van der Waals surface area contributed by atoms with Gasteiger partial charge in [0.1, 0.15) is 11.6 Å². The lowest BCUT2D eigenvalue weighted by molar-refractivity contribution is 0.415. The van der Waals surface area contributed by atoms with E-state index in [0.717, 1.165) is 22.5 Å². The van der Waals surface area contributed by atoms with Crippen molar-refractivity contribution in [2.24, 2.45) is 0 Å². The molecule has 1 aliphatic rings. The van der Waals surface area contributed by atoms with Gasteiger partial charge in [-0.15, -0.1) is 0 Å². The predicted molar refractivity (Wildman–Crippen MR) is 64.9 cm³/mol. The van der Waals surface area contributed by atoms with Gasteiger partial charge < -0.3 is 10.1 Å². The van der Waals surface area contributed by atoms with Crippen LogP contribution in [0, 0.1) is 0 Å². The summed E-state index contributed by atoms with van der Waals surface area (Å²) in [5.74, 6) is 1.84. The molecule has 3 nitrogen and oxygen atoms in total. The van der Waals surface area contributed by atoms with Crippen LogP contribution in [0.3, 0.4) is 0 Å². The molecular weight excluding hydrogens is 200 g/mol. The number of fused-ring (bicyclic) bond motifs is 1. The van der Waals surface area contributed by atoms with E-state index in [0.29, 0.717) is 6.04 Å². The molecule has 82 valence electrons. The van der Waals surface area contributed by atoms with Crippen LogP contribution < -0.4 is 10.1 Å². The number of methoxy groups -OCH3 is 1. The summed E-state index contributed by atoms with van der Waals surface area (Å²) in [6.07, 6.45) is 2.53. The number of aromatic nitrogens is 1. The maximum Gasteiger partial charge on any atom is 0.126 e. The van der Waals surface area contributed by atoms with Gasteiger partial charge in [-0.3, -0.25) is 0 Å². The van der Waals surface area contributed by atoms with Gasteiger partial charge in [0.2, 0.25) is 0 Å². The van der Waals surface area contributed by atoms with Crippen molar-refractivity contribution >= 4 is 16.7 Å². The Labute approximate surface area is 94.5 Å². The van der Waals surface area contributed by atoms with Crippen molar-refractivity contribution in [3.8, 4) is 5.75 Å². The van der Waals surface area contributed by atoms with Crippen molar-refractivity contribution in [2.75, 3.05) is 12.4 Å². The minimum atomic E-state index is 0.642. The highest BCUT2D eigenvalue weighted by Crippen LogP contribution is 2.26. The van der Waals surface area contributed by atoms with Gasteiger partial charge in [-0.25, -0.2) is 4.98 Å². The molecule has 2 aromatic rings. The molecule has 0 amide bonds. The van der Waals surface area contributed by atoms with Gasteiger partial charge in [0.25, 0.3) is 0 Å². The molecule has 1 N–H and O–H groups in total. The molecule has 16 heavy (non-hydrogen) atoms. The molecule has 1 aromatic heterocycles. The average molecular weight is 214 g/mol. The van der Waals surface area contributed by atoms with Crippen LogP contribution in [-0.2, 0) is 0 Å². The lowest BCUT2D eigenvalue weighted by Gasteiger charge is -2.06. The molecule has 3 heteroatoms. The maximum atomic E-state index is 5.18. The van der Waals surface area contributed by atoms with Crippen LogP contribution in [-0.4, -0.2) is 18.1 Å². The molecule has 0 atom stereocenters. The molecule has 0 aliphatic heterocycles. The van der Waals surface area contributed by atoms with E-state index in [9.17, 15) is 0 Å². The number of ether oxygens (including phenoxy) is 1. The van der Waals surface area contributed by atoms with Crippen LogP contribution in [0.25, 0.3) is 10.9 Å². The molecule has 1 heterocycles. The fraction of sp³-hybridized carbons (Fsp3) is 0.308. The minimum Gasteiger partial charge on any atom is -0.497 e. The number of benzene rings is 1. The van der Waals surface area contributed by atoms with Crippen molar-refractivity contribution in [1.29, 1.82) is 0 Å². The number of pyridine rings is 1. The Morgan fingerprint density at radius 2 is 2.12 bits per heavy atom. The molecule has 3 rings (SSSR count). The third kappa shape index (κ3) is 1.81. The van der Waals surface area contributed by atoms with Gasteiger partial charge in [0.15, 0.2) is 0 Å². The molecule has 0 bridgehead atoms. The topological polar surface area (TPSA) is 34.1 Å². The van der Waals surface area contributed by atoms with E-state index in [1.54, 1.807) is 7.11 Å². The molecule has 0 unspecified atom stereocenters. The second-order valence-electron chi connectivity index (χ2n) is 4.17. The first-order chi connectivity index (χ1) is 7.85. The zero-order chi connectivity index (χ0) is 11.0. The van der Waals surface area contributed by atoms with Crippen molar-refractivity contribution in [3.63, 3.8) is 0 Å². The van der Waals surface area contributed by atoms with Crippen molar-refractivity contribution < 1.29 is 4.74 Å². The van der Waals surface area contributed by atoms with Gasteiger partial charge in [-0.1, -0.05) is 0 Å². The fourth-order valence-electron chi connectivity index (χ4n) is 1.75. The largest absolute Gasteiger partial charge is 0.497 e. The van der Waals surface area contributed by atoms with Gasteiger partial charge >= 0.3 is 0 Å². The maximum absolute atomic E-state index is 5.18. The smallest absolute Gasteiger partial charge is 0.126 e. The van der Waals surface area contributed by atoms with E-state index < -0.39 is 0 Å². The van der Waals surface area contributed by atoms with Crippen molar-refractivity contribution in [2.45, 2.75) is 18.9 Å². The van der Waals surface area contributed by atoms with Gasteiger partial charge in [-0.2, -0.15) is 0 Å². The van der Waals surface area contributed by atoms with E-state index in [1.807, 2.05) is 24.3 Å². The summed E-state index contributed by atoms with van der Waals surface area (Å²) in [5, 5.41) is 4.51. The average Bonchev–Trinajstić information content (AvgIpc) is 3.12. The Morgan fingerprint density at radius 1 is 1.25 bits per heavy atom. The van der Waals surface area contributed by atoms with Crippen LogP contribution in [0.5, 0.6) is 5.75 Å². The van der Waals surface area contributed by atoms with Crippen LogP contribution in [0.15, 0.2) is 30.3 Å². The second kappa shape index (κ2) is 3.67. The molecule has 0 saturated heterocycles. The standard InChI is InChI=1S/C13H14N2O/c1-16-11-5-6-12-9(8-11)2-7-13(15-12)14-10-3-4-10/h2,5-8,10H,3-4H2,1H3,(H,14,15). The Hall–Kier alpha value is -1.77. The second-order valence-corrected chi connectivity index (χ2v) is 4.17. The van der Waals surface area contributed by atoms with E-state index in [4.69, 9.17) is 4.74 Å². The van der Waals surface area contributed by atoms with E-state index in [2.05, 4.69) is 16.4 Å². The van der Waals surface area contributed by atoms with Crippen LogP contribution >= 0.6 is 0 Å². The van der Waals surface area contributed by atoms with E-state index in [-0.39, 0.29) is 0 Å². The van der Waals surface area contributed by atoms with Gasteiger partial charge in [-0.05, 0) is 43.2 Å². The zero-order valence-electron chi connectivity index (χ0n) is 9.23. The molecule has 1 saturated carbocycles. The SMILES string of the molecule is COc1ccc2nc(NC3CC3)ccc2c1. The summed E-state index contributed by atoms with van der Waals surface area (Å²) in [4.78, 5) is 4.56. The summed E-state index contributed by atoms with van der Waals surface area (Å²) >= 11 is 0. The quantitative estimate of drug-likeness (QED) is 0.853. The highest BCUT2D eigenvalue weighted by Gasteiger charge is 2.21. The Morgan fingerprint density at radius 3 is 2.88 bits per heavy atom. The highest BCUT2D eigenvalue weighted by molar-refractivity contribution is 5.81. The number of hydrogen-bond donors (Lipinski definition) is 1. The lowest BCUT2D eigenvalue weighted by atomic mass is 10.2. The van der Waals surface area contributed by atoms with E-state index >= 15 is 0 Å². The Bertz CT molecular complexity index is 520. The molecule has 1 aliphatic carbocycles. The summed E-state index contributed by atoms with van der Waals surface area (Å²) in [6, 6.07) is 10.7. The first-order valence-corrected chi connectivity index (χ1v) is 5.56. The van der Waals surface area contributed by atoms with Crippen LogP contribution in [0.4, 0.5) is 5.82 Å². The van der Waals surface area contributed by atoms with Crippen molar-refractivity contribution in [1.82, 2.24) is 4.98 Å². The Balaban J connectivity index is 1.97. The molecule has 1 fully saturated rings.